The molecule has 1 heterocycles. The highest BCUT2D eigenvalue weighted by atomic mass is 15.3. The largest absolute Gasteiger partial charge is 0.329 e. The lowest BCUT2D eigenvalue weighted by Gasteiger charge is -2.48. The average Bonchev–Trinajstić information content (AvgIpc) is 2.07. The van der Waals surface area contributed by atoms with Crippen molar-refractivity contribution in [2.45, 2.75) is 45.3 Å². The topological polar surface area (TPSA) is 32.5 Å². The summed E-state index contributed by atoms with van der Waals surface area (Å²) in [5, 5.41) is 0. The maximum atomic E-state index is 5.79. The third-order valence-electron chi connectivity index (χ3n) is 3.41. The van der Waals surface area contributed by atoms with E-state index in [9.17, 15) is 0 Å². The molecule has 2 N–H and O–H groups in total. The first-order chi connectivity index (χ1) is 6.36. The lowest BCUT2D eigenvalue weighted by atomic mass is 9.99. The van der Waals surface area contributed by atoms with E-state index in [0.29, 0.717) is 12.1 Å². The minimum Gasteiger partial charge on any atom is -0.329 e. The Hall–Kier alpha value is -0.120. The molecule has 3 nitrogen and oxygen atoms in total. The molecule has 1 saturated heterocycles. The Morgan fingerprint density at radius 3 is 2.29 bits per heavy atom. The minimum atomic E-state index is 0.267. The van der Waals surface area contributed by atoms with Crippen LogP contribution in [0.5, 0.6) is 0 Å². The molecule has 0 amide bonds. The zero-order chi connectivity index (χ0) is 10.9. The Labute approximate surface area is 88.2 Å². The molecule has 1 aliphatic heterocycles. The Morgan fingerprint density at radius 1 is 1.29 bits per heavy atom. The summed E-state index contributed by atoms with van der Waals surface area (Å²) in [6.45, 7) is 12.1. The highest BCUT2D eigenvalue weighted by Gasteiger charge is 2.33. The Bertz CT molecular complexity index is 185. The van der Waals surface area contributed by atoms with Crippen LogP contribution in [0.2, 0.25) is 0 Å². The fourth-order valence-electron chi connectivity index (χ4n) is 2.05. The Morgan fingerprint density at radius 2 is 1.86 bits per heavy atom. The molecule has 0 aromatic rings. The van der Waals surface area contributed by atoms with Crippen molar-refractivity contribution in [3.63, 3.8) is 0 Å². The molecule has 0 spiro atoms. The molecule has 0 aliphatic carbocycles. The van der Waals surface area contributed by atoms with Gasteiger partial charge in [-0.25, -0.2) is 0 Å². The number of hydrogen-bond donors (Lipinski definition) is 1. The molecule has 2 unspecified atom stereocenters. The number of nitrogens with two attached hydrogens (primary N) is 1. The van der Waals surface area contributed by atoms with Crippen molar-refractivity contribution < 1.29 is 0 Å². The molecule has 0 bridgehead atoms. The summed E-state index contributed by atoms with van der Waals surface area (Å²) in [5.41, 5.74) is 6.06. The molecular weight excluding hydrogens is 174 g/mol. The van der Waals surface area contributed by atoms with Crippen LogP contribution < -0.4 is 5.73 Å². The summed E-state index contributed by atoms with van der Waals surface area (Å²) >= 11 is 0. The molecule has 0 aromatic carbocycles. The van der Waals surface area contributed by atoms with Gasteiger partial charge in [0.05, 0.1) is 0 Å². The first kappa shape index (κ1) is 12.0. The second-order valence-electron chi connectivity index (χ2n) is 5.48. The third kappa shape index (κ3) is 2.47. The van der Waals surface area contributed by atoms with Crippen molar-refractivity contribution in [1.29, 1.82) is 0 Å². The van der Waals surface area contributed by atoms with E-state index in [1.165, 1.54) is 0 Å². The Kier molecular flexibility index (Phi) is 3.56. The van der Waals surface area contributed by atoms with Crippen LogP contribution in [-0.4, -0.2) is 54.1 Å². The summed E-state index contributed by atoms with van der Waals surface area (Å²) in [7, 11) is 2.18. The lowest BCUT2D eigenvalue weighted by Crippen LogP contribution is -2.62. The van der Waals surface area contributed by atoms with E-state index in [0.717, 1.165) is 19.6 Å². The molecule has 14 heavy (non-hydrogen) atoms. The quantitative estimate of drug-likeness (QED) is 0.676. The van der Waals surface area contributed by atoms with E-state index in [4.69, 9.17) is 5.73 Å². The average molecular weight is 199 g/mol. The van der Waals surface area contributed by atoms with Crippen LogP contribution in [0.4, 0.5) is 0 Å². The van der Waals surface area contributed by atoms with E-state index in [1.807, 2.05) is 0 Å². The van der Waals surface area contributed by atoms with Gasteiger partial charge >= 0.3 is 0 Å². The van der Waals surface area contributed by atoms with Crippen molar-refractivity contribution in [1.82, 2.24) is 9.80 Å². The number of likely N-dealkylation sites (N-methyl/N-ethyl adjacent to an activating group) is 1. The van der Waals surface area contributed by atoms with Gasteiger partial charge in [0.15, 0.2) is 0 Å². The maximum Gasteiger partial charge on any atom is 0.0346 e. The Balaban J connectivity index is 2.68. The van der Waals surface area contributed by atoms with Crippen molar-refractivity contribution in [2.75, 3.05) is 26.7 Å². The highest BCUT2D eigenvalue weighted by molar-refractivity contribution is 4.90. The van der Waals surface area contributed by atoms with Crippen molar-refractivity contribution in [3.05, 3.63) is 0 Å². The lowest BCUT2D eigenvalue weighted by molar-refractivity contribution is 0.00569. The van der Waals surface area contributed by atoms with E-state index >= 15 is 0 Å². The fourth-order valence-corrected chi connectivity index (χ4v) is 2.05. The molecule has 3 heteroatoms. The maximum absolute atomic E-state index is 5.79. The second-order valence-corrected chi connectivity index (χ2v) is 5.48. The van der Waals surface area contributed by atoms with Gasteiger partial charge in [0.1, 0.15) is 0 Å². The van der Waals surface area contributed by atoms with Crippen LogP contribution in [0.1, 0.15) is 27.7 Å². The minimum absolute atomic E-state index is 0.267. The molecule has 0 saturated carbocycles. The molecule has 84 valence electrons. The van der Waals surface area contributed by atoms with Crippen molar-refractivity contribution in [2.24, 2.45) is 5.73 Å². The van der Waals surface area contributed by atoms with Crippen LogP contribution in [0.25, 0.3) is 0 Å². The van der Waals surface area contributed by atoms with Gasteiger partial charge in [-0.1, -0.05) is 0 Å². The van der Waals surface area contributed by atoms with E-state index in [-0.39, 0.29) is 5.54 Å². The first-order valence-electron chi connectivity index (χ1n) is 5.53. The monoisotopic (exact) mass is 199 g/mol. The molecule has 1 aliphatic rings. The van der Waals surface area contributed by atoms with Crippen LogP contribution >= 0.6 is 0 Å². The van der Waals surface area contributed by atoms with Gasteiger partial charge in [-0.15, -0.1) is 0 Å². The molecule has 1 fully saturated rings. The van der Waals surface area contributed by atoms with E-state index in [1.54, 1.807) is 0 Å². The number of nitrogens with zero attached hydrogens (tertiary/aromatic N) is 2. The van der Waals surface area contributed by atoms with Crippen molar-refractivity contribution >= 4 is 0 Å². The molecule has 0 aromatic heterocycles. The van der Waals surface area contributed by atoms with E-state index < -0.39 is 0 Å². The van der Waals surface area contributed by atoms with Crippen LogP contribution in [0.3, 0.4) is 0 Å². The van der Waals surface area contributed by atoms with Crippen LogP contribution in [-0.2, 0) is 0 Å². The standard InChI is InChI=1S/C11H25N3/c1-9-7-14(11(2,3)4)8-10(6-12)13(9)5/h9-10H,6-8,12H2,1-5H3. The molecule has 1 rings (SSSR count). The van der Waals surface area contributed by atoms with Crippen molar-refractivity contribution in [3.8, 4) is 0 Å². The normalized spacial score (nSPS) is 32.1. The zero-order valence-electron chi connectivity index (χ0n) is 10.2. The van der Waals surface area contributed by atoms with Crippen LogP contribution in [0, 0.1) is 0 Å². The predicted octanol–water partition coefficient (Wildman–Crippen LogP) is 0.748. The van der Waals surface area contributed by atoms with Gasteiger partial charge in [0.2, 0.25) is 0 Å². The second kappa shape index (κ2) is 4.17. The zero-order valence-corrected chi connectivity index (χ0v) is 10.2. The number of piperazine rings is 1. The van der Waals surface area contributed by atoms with Gasteiger partial charge in [-0.05, 0) is 34.7 Å². The molecule has 0 radical (unpaired) electrons. The summed E-state index contributed by atoms with van der Waals surface area (Å²) in [6, 6.07) is 1.12. The predicted molar refractivity (Wildman–Crippen MR) is 61.4 cm³/mol. The molecular formula is C11H25N3. The van der Waals surface area contributed by atoms with Crippen LogP contribution in [0.15, 0.2) is 0 Å². The van der Waals surface area contributed by atoms with Gasteiger partial charge in [0, 0.05) is 37.3 Å². The number of hydrogen-bond acceptors (Lipinski definition) is 3. The van der Waals surface area contributed by atoms with Gasteiger partial charge in [-0.2, -0.15) is 0 Å². The van der Waals surface area contributed by atoms with Gasteiger partial charge in [0.25, 0.3) is 0 Å². The first-order valence-corrected chi connectivity index (χ1v) is 5.53. The smallest absolute Gasteiger partial charge is 0.0346 e. The summed E-state index contributed by atoms with van der Waals surface area (Å²) in [6.07, 6.45) is 0. The SMILES string of the molecule is CC1CN(C(C)(C)C)CC(CN)N1C. The fraction of sp³-hybridized carbons (Fsp3) is 1.00. The van der Waals surface area contributed by atoms with Gasteiger partial charge < -0.3 is 5.73 Å². The summed E-state index contributed by atoms with van der Waals surface area (Å²) < 4.78 is 0. The molecule has 2 atom stereocenters. The highest BCUT2D eigenvalue weighted by Crippen LogP contribution is 2.21. The third-order valence-corrected chi connectivity index (χ3v) is 3.41. The van der Waals surface area contributed by atoms with Gasteiger partial charge in [-0.3, -0.25) is 9.80 Å². The summed E-state index contributed by atoms with van der Waals surface area (Å²) in [5.74, 6) is 0. The number of rotatable bonds is 1. The van der Waals surface area contributed by atoms with E-state index in [2.05, 4.69) is 44.5 Å². The summed E-state index contributed by atoms with van der Waals surface area (Å²) in [4.78, 5) is 4.94.